The third kappa shape index (κ3) is 5.20. The number of rotatable bonds is 8. The van der Waals surface area contributed by atoms with Crippen LogP contribution in [0.3, 0.4) is 0 Å². The van der Waals surface area contributed by atoms with Crippen LogP contribution in [0.15, 0.2) is 24.3 Å². The second-order valence-electron chi connectivity index (χ2n) is 4.16. The molecule has 0 saturated heterocycles. The Kier molecular flexibility index (Phi) is 6.71. The lowest BCUT2D eigenvalue weighted by atomic mass is 10.1. The molecule has 0 heterocycles. The van der Waals surface area contributed by atoms with Gasteiger partial charge < -0.3 is 4.74 Å². The minimum atomic E-state index is 0.829. The van der Waals surface area contributed by atoms with Crippen LogP contribution in [0, 0.1) is 6.92 Å². The summed E-state index contributed by atoms with van der Waals surface area (Å²) in [5, 5.41) is 0. The molecule has 1 nitrogen and oxygen atoms in total. The molecule has 0 fully saturated rings. The maximum atomic E-state index is 5.72. The molecule has 0 aliphatic carbocycles. The molecule has 0 spiro atoms. The van der Waals surface area contributed by atoms with Gasteiger partial charge in [0.15, 0.2) is 0 Å². The Balaban J connectivity index is 2.27. The molecule has 1 aromatic rings. The second kappa shape index (κ2) is 8.20. The van der Waals surface area contributed by atoms with Gasteiger partial charge in [0.05, 0.1) is 6.61 Å². The summed E-state index contributed by atoms with van der Waals surface area (Å²) in [7, 11) is 0. The van der Waals surface area contributed by atoms with E-state index in [2.05, 4.69) is 32.0 Å². The Morgan fingerprint density at radius 2 is 2.06 bits per heavy atom. The Bertz CT molecular complexity index is 281. The molecule has 0 bridgehead atoms. The van der Waals surface area contributed by atoms with Gasteiger partial charge in [-0.3, -0.25) is 0 Å². The van der Waals surface area contributed by atoms with Crippen molar-refractivity contribution in [3.8, 4) is 5.75 Å². The average Bonchev–Trinajstić information content (AvgIpc) is 2.30. The topological polar surface area (TPSA) is 9.23 Å². The molecule has 0 amide bonds. The van der Waals surface area contributed by atoms with Gasteiger partial charge in [0.1, 0.15) is 5.75 Å². The molecule has 1 rings (SSSR count). The van der Waals surface area contributed by atoms with Crippen LogP contribution in [0.1, 0.15) is 44.6 Å². The lowest BCUT2D eigenvalue weighted by Crippen LogP contribution is -1.97. The van der Waals surface area contributed by atoms with Gasteiger partial charge in [0.25, 0.3) is 0 Å². The van der Waals surface area contributed by atoms with Crippen molar-refractivity contribution in [1.82, 2.24) is 0 Å². The molecule has 1 radical (unpaired) electrons. The summed E-state index contributed by atoms with van der Waals surface area (Å²) in [4.78, 5) is 0. The first-order valence-electron chi connectivity index (χ1n) is 6.37. The van der Waals surface area contributed by atoms with Gasteiger partial charge in [-0.15, -0.1) is 0 Å². The first kappa shape index (κ1) is 13.1. The number of ether oxygens (including phenoxy) is 1. The third-order valence-electron chi connectivity index (χ3n) is 2.60. The van der Waals surface area contributed by atoms with E-state index in [-0.39, 0.29) is 0 Å². The van der Waals surface area contributed by atoms with E-state index < -0.39 is 0 Å². The molecule has 0 aromatic heterocycles. The summed E-state index contributed by atoms with van der Waals surface area (Å²) in [5.41, 5.74) is 1.37. The van der Waals surface area contributed by atoms with Gasteiger partial charge in [-0.05, 0) is 30.5 Å². The predicted octanol–water partition coefficient (Wildman–Crippen LogP) is 4.41. The fourth-order valence-corrected chi connectivity index (χ4v) is 1.73. The Morgan fingerprint density at radius 1 is 1.19 bits per heavy atom. The van der Waals surface area contributed by atoms with Crippen LogP contribution in [0.2, 0.25) is 0 Å². The summed E-state index contributed by atoms with van der Waals surface area (Å²) in [6.07, 6.45) is 6.92. The second-order valence-corrected chi connectivity index (χ2v) is 4.16. The zero-order valence-electron chi connectivity index (χ0n) is 10.4. The first-order valence-corrected chi connectivity index (χ1v) is 6.37. The number of hydrogen-bond donors (Lipinski definition) is 0. The quantitative estimate of drug-likeness (QED) is 0.588. The molecular weight excluding hydrogens is 196 g/mol. The molecule has 0 aliphatic rings. The van der Waals surface area contributed by atoms with Crippen LogP contribution < -0.4 is 4.74 Å². The van der Waals surface area contributed by atoms with Gasteiger partial charge >= 0.3 is 0 Å². The van der Waals surface area contributed by atoms with E-state index in [4.69, 9.17) is 4.74 Å². The molecular formula is C15H23O. The van der Waals surface area contributed by atoms with Crippen LogP contribution in [-0.2, 0) is 6.42 Å². The zero-order valence-corrected chi connectivity index (χ0v) is 10.4. The summed E-state index contributed by atoms with van der Waals surface area (Å²) in [5.74, 6) is 1.01. The molecule has 0 N–H and O–H groups in total. The van der Waals surface area contributed by atoms with Crippen LogP contribution in [0.25, 0.3) is 0 Å². The van der Waals surface area contributed by atoms with Crippen molar-refractivity contribution >= 4 is 0 Å². The molecule has 0 saturated carbocycles. The summed E-state index contributed by atoms with van der Waals surface area (Å²) in [6.45, 7) is 6.86. The van der Waals surface area contributed by atoms with Crippen LogP contribution in [0.5, 0.6) is 5.75 Å². The molecule has 1 aromatic carbocycles. The highest BCUT2D eigenvalue weighted by Crippen LogP contribution is 2.15. The molecule has 16 heavy (non-hydrogen) atoms. The minimum Gasteiger partial charge on any atom is -0.494 e. The monoisotopic (exact) mass is 219 g/mol. The van der Waals surface area contributed by atoms with Crippen molar-refractivity contribution in [2.24, 2.45) is 0 Å². The fourth-order valence-electron chi connectivity index (χ4n) is 1.73. The normalized spacial score (nSPS) is 10.4. The highest BCUT2D eigenvalue weighted by molar-refractivity contribution is 5.28. The Morgan fingerprint density at radius 3 is 2.81 bits per heavy atom. The molecule has 1 heteroatoms. The lowest BCUT2D eigenvalue weighted by Gasteiger charge is -2.07. The number of unbranched alkanes of at least 4 members (excludes halogenated alkanes) is 3. The highest BCUT2D eigenvalue weighted by Gasteiger charge is 1.96. The molecule has 0 atom stereocenters. The number of benzene rings is 1. The fraction of sp³-hybridized carbons (Fsp3) is 0.533. The number of hydrogen-bond acceptors (Lipinski definition) is 1. The first-order chi connectivity index (χ1) is 7.86. The van der Waals surface area contributed by atoms with E-state index in [1.54, 1.807) is 0 Å². The molecule has 89 valence electrons. The van der Waals surface area contributed by atoms with E-state index in [1.165, 1.54) is 24.8 Å². The van der Waals surface area contributed by atoms with Gasteiger partial charge in [0.2, 0.25) is 0 Å². The van der Waals surface area contributed by atoms with Gasteiger partial charge in [-0.1, -0.05) is 51.7 Å². The number of aryl methyl sites for hydroxylation is 1. The maximum absolute atomic E-state index is 5.72. The summed E-state index contributed by atoms with van der Waals surface area (Å²) in [6, 6.07) is 8.45. The van der Waals surface area contributed by atoms with Crippen LogP contribution in [-0.4, -0.2) is 6.61 Å². The molecule has 0 unspecified atom stereocenters. The van der Waals surface area contributed by atoms with E-state index in [1.807, 2.05) is 6.07 Å². The van der Waals surface area contributed by atoms with Crippen molar-refractivity contribution in [1.29, 1.82) is 0 Å². The van der Waals surface area contributed by atoms with Gasteiger partial charge in [-0.25, -0.2) is 0 Å². The van der Waals surface area contributed by atoms with E-state index in [9.17, 15) is 0 Å². The Labute approximate surface area is 99.8 Å². The maximum Gasteiger partial charge on any atom is 0.119 e. The van der Waals surface area contributed by atoms with Crippen LogP contribution >= 0.6 is 0 Å². The van der Waals surface area contributed by atoms with Gasteiger partial charge in [-0.2, -0.15) is 0 Å². The minimum absolute atomic E-state index is 0.829. The summed E-state index contributed by atoms with van der Waals surface area (Å²) < 4.78 is 5.72. The Hall–Kier alpha value is -0.980. The zero-order chi connectivity index (χ0) is 11.6. The average molecular weight is 219 g/mol. The van der Waals surface area contributed by atoms with Crippen LogP contribution in [0.4, 0.5) is 0 Å². The van der Waals surface area contributed by atoms with E-state index in [0.29, 0.717) is 0 Å². The predicted molar refractivity (Wildman–Crippen MR) is 69.8 cm³/mol. The van der Waals surface area contributed by atoms with Crippen molar-refractivity contribution < 1.29 is 4.74 Å². The van der Waals surface area contributed by atoms with Gasteiger partial charge in [0, 0.05) is 0 Å². The lowest BCUT2D eigenvalue weighted by molar-refractivity contribution is 0.305. The third-order valence-corrected chi connectivity index (χ3v) is 2.60. The standard InChI is InChI=1S/C15H23O/c1-3-5-6-7-12-16-15-11-8-10-14(13-15)9-4-2/h8,10-11,13H,1,3-7,9,12H2,2H3. The largest absolute Gasteiger partial charge is 0.494 e. The SMILES string of the molecule is [CH2]CCCCCOc1cccc(CCC)c1. The van der Waals surface area contributed by atoms with Crippen molar-refractivity contribution in [2.75, 3.05) is 6.61 Å². The summed E-state index contributed by atoms with van der Waals surface area (Å²) >= 11 is 0. The molecule has 0 aliphatic heterocycles. The van der Waals surface area contributed by atoms with Crippen molar-refractivity contribution in [3.05, 3.63) is 36.8 Å². The van der Waals surface area contributed by atoms with Crippen molar-refractivity contribution in [3.63, 3.8) is 0 Å². The smallest absolute Gasteiger partial charge is 0.119 e. The highest BCUT2D eigenvalue weighted by atomic mass is 16.5. The van der Waals surface area contributed by atoms with E-state index >= 15 is 0 Å². The van der Waals surface area contributed by atoms with Crippen molar-refractivity contribution in [2.45, 2.75) is 45.4 Å². The van der Waals surface area contributed by atoms with E-state index in [0.717, 1.165) is 31.6 Å².